The van der Waals surface area contributed by atoms with Crippen molar-refractivity contribution in [2.75, 3.05) is 13.1 Å². The second-order valence-corrected chi connectivity index (χ2v) is 6.81. The van der Waals surface area contributed by atoms with Gasteiger partial charge in [-0.25, -0.2) is 9.37 Å². The van der Waals surface area contributed by atoms with Gasteiger partial charge in [0.1, 0.15) is 28.6 Å². The maximum atomic E-state index is 13.3. The van der Waals surface area contributed by atoms with E-state index in [1.54, 1.807) is 48.7 Å². The largest absolute Gasteiger partial charge is 0.457 e. The van der Waals surface area contributed by atoms with Crippen LogP contribution in [0, 0.1) is 5.82 Å². The van der Waals surface area contributed by atoms with Crippen molar-refractivity contribution < 1.29 is 18.7 Å². The molecule has 1 aromatic heterocycles. The van der Waals surface area contributed by atoms with Crippen LogP contribution in [-0.2, 0) is 0 Å². The van der Waals surface area contributed by atoms with Crippen molar-refractivity contribution in [3.8, 4) is 23.1 Å². The lowest BCUT2D eigenvalue weighted by Crippen LogP contribution is -2.15. The van der Waals surface area contributed by atoms with Crippen LogP contribution in [0.25, 0.3) is 0 Å². The molecule has 1 atom stereocenters. The average molecular weight is 393 g/mol. The smallest absolute Gasteiger partial charge is 0.254 e. The van der Waals surface area contributed by atoms with Gasteiger partial charge in [-0.05, 0) is 66.9 Å². The highest BCUT2D eigenvalue weighted by Crippen LogP contribution is 2.30. The second-order valence-electron chi connectivity index (χ2n) is 6.81. The van der Waals surface area contributed by atoms with E-state index in [1.165, 1.54) is 12.1 Å². The van der Waals surface area contributed by atoms with Crippen LogP contribution < -0.4 is 20.5 Å². The molecule has 4 rings (SSSR count). The number of benzene rings is 2. The lowest BCUT2D eigenvalue weighted by molar-refractivity contribution is 0.0997. The summed E-state index contributed by atoms with van der Waals surface area (Å²) in [4.78, 5) is 16.2. The number of nitrogens with zero attached hydrogens (tertiary/aromatic N) is 1. The molecule has 0 spiro atoms. The van der Waals surface area contributed by atoms with E-state index in [1.807, 2.05) is 0 Å². The van der Waals surface area contributed by atoms with E-state index in [4.69, 9.17) is 15.2 Å². The quantitative estimate of drug-likeness (QED) is 0.662. The molecule has 6 nitrogen and oxygen atoms in total. The molecule has 0 radical (unpaired) electrons. The molecule has 3 aromatic rings. The number of rotatable bonds is 6. The van der Waals surface area contributed by atoms with Crippen LogP contribution in [0.15, 0.2) is 60.8 Å². The van der Waals surface area contributed by atoms with Gasteiger partial charge in [0.15, 0.2) is 0 Å². The summed E-state index contributed by atoms with van der Waals surface area (Å²) in [5, 5.41) is 3.29. The minimum absolute atomic E-state index is 0.158. The standard InChI is InChI=1S/C22H20FN3O3/c23-16-2-1-3-19(11-16)28-17-4-6-18(7-5-17)29-22-20(21(24)27)10-15(13-26-22)14-8-9-25-12-14/h1-7,10-11,13-14,25H,8-9,12H2,(H2,24,27). The van der Waals surface area contributed by atoms with Crippen molar-refractivity contribution in [2.45, 2.75) is 12.3 Å². The lowest BCUT2D eigenvalue weighted by atomic mass is 9.99. The molecule has 29 heavy (non-hydrogen) atoms. The molecule has 2 heterocycles. The molecule has 2 aromatic carbocycles. The monoisotopic (exact) mass is 393 g/mol. The Labute approximate surface area is 167 Å². The van der Waals surface area contributed by atoms with Crippen LogP contribution in [0.3, 0.4) is 0 Å². The van der Waals surface area contributed by atoms with Gasteiger partial charge in [-0.1, -0.05) is 6.07 Å². The molecule has 1 unspecified atom stereocenters. The number of carbonyl (C=O) groups is 1. The summed E-state index contributed by atoms with van der Waals surface area (Å²) in [5.41, 5.74) is 6.75. The summed E-state index contributed by atoms with van der Waals surface area (Å²) in [7, 11) is 0. The van der Waals surface area contributed by atoms with E-state index in [0.717, 1.165) is 25.1 Å². The Kier molecular flexibility index (Phi) is 5.39. The molecule has 1 aliphatic rings. The number of aromatic nitrogens is 1. The molecule has 148 valence electrons. The minimum atomic E-state index is -0.591. The van der Waals surface area contributed by atoms with Crippen LogP contribution >= 0.6 is 0 Å². The second kappa shape index (κ2) is 8.28. The molecule has 3 N–H and O–H groups in total. The van der Waals surface area contributed by atoms with E-state index in [-0.39, 0.29) is 17.3 Å². The fraction of sp³-hybridized carbons (Fsp3) is 0.182. The highest BCUT2D eigenvalue weighted by atomic mass is 19.1. The SMILES string of the molecule is NC(=O)c1cc(C2CCNC2)cnc1Oc1ccc(Oc2cccc(F)c2)cc1. The van der Waals surface area contributed by atoms with E-state index < -0.39 is 5.91 Å². The maximum absolute atomic E-state index is 13.3. The summed E-state index contributed by atoms with van der Waals surface area (Å²) in [6.45, 7) is 1.80. The number of ether oxygens (including phenoxy) is 2. The highest BCUT2D eigenvalue weighted by molar-refractivity contribution is 5.95. The molecular formula is C22H20FN3O3. The third kappa shape index (κ3) is 4.52. The molecule has 1 fully saturated rings. The molecule has 1 aliphatic heterocycles. The highest BCUT2D eigenvalue weighted by Gasteiger charge is 2.20. The van der Waals surface area contributed by atoms with Gasteiger partial charge in [0, 0.05) is 18.8 Å². The Balaban J connectivity index is 1.50. The predicted octanol–water partition coefficient (Wildman–Crippen LogP) is 3.98. The molecule has 0 bridgehead atoms. The first kappa shape index (κ1) is 18.9. The number of carbonyl (C=O) groups excluding carboxylic acids is 1. The van der Waals surface area contributed by atoms with Gasteiger partial charge in [0.2, 0.25) is 5.88 Å². The molecule has 1 amide bonds. The zero-order chi connectivity index (χ0) is 20.2. The fourth-order valence-corrected chi connectivity index (χ4v) is 3.24. The molecule has 0 saturated carbocycles. The first-order chi connectivity index (χ1) is 14.1. The Hall–Kier alpha value is -3.45. The number of hydrogen-bond acceptors (Lipinski definition) is 5. The minimum Gasteiger partial charge on any atom is -0.457 e. The van der Waals surface area contributed by atoms with Crippen molar-refractivity contribution in [2.24, 2.45) is 5.73 Å². The summed E-state index contributed by atoms with van der Waals surface area (Å²) >= 11 is 0. The molecular weight excluding hydrogens is 373 g/mol. The average Bonchev–Trinajstić information content (AvgIpc) is 3.24. The normalized spacial score (nSPS) is 15.8. The van der Waals surface area contributed by atoms with Crippen molar-refractivity contribution in [3.05, 3.63) is 77.7 Å². The van der Waals surface area contributed by atoms with Gasteiger partial charge < -0.3 is 20.5 Å². The number of nitrogens with two attached hydrogens (primary N) is 1. The van der Waals surface area contributed by atoms with Crippen molar-refractivity contribution in [1.29, 1.82) is 0 Å². The van der Waals surface area contributed by atoms with Gasteiger partial charge in [-0.3, -0.25) is 4.79 Å². The maximum Gasteiger partial charge on any atom is 0.254 e. The topological polar surface area (TPSA) is 86.5 Å². The molecule has 1 saturated heterocycles. The van der Waals surface area contributed by atoms with Crippen LogP contribution in [-0.4, -0.2) is 24.0 Å². The Morgan fingerprint density at radius 1 is 1.07 bits per heavy atom. The van der Waals surface area contributed by atoms with E-state index >= 15 is 0 Å². The summed E-state index contributed by atoms with van der Waals surface area (Å²) in [6.07, 6.45) is 2.72. The number of pyridine rings is 1. The van der Waals surface area contributed by atoms with Gasteiger partial charge in [-0.15, -0.1) is 0 Å². The van der Waals surface area contributed by atoms with Crippen molar-refractivity contribution in [3.63, 3.8) is 0 Å². The lowest BCUT2D eigenvalue weighted by Gasteiger charge is -2.13. The van der Waals surface area contributed by atoms with Crippen LogP contribution in [0.5, 0.6) is 23.1 Å². The molecule has 0 aliphatic carbocycles. The molecule has 7 heteroatoms. The fourth-order valence-electron chi connectivity index (χ4n) is 3.24. The zero-order valence-corrected chi connectivity index (χ0v) is 15.6. The van der Waals surface area contributed by atoms with Gasteiger partial charge in [0.05, 0.1) is 0 Å². The Morgan fingerprint density at radius 3 is 2.48 bits per heavy atom. The zero-order valence-electron chi connectivity index (χ0n) is 15.6. The van der Waals surface area contributed by atoms with E-state index in [2.05, 4.69) is 10.3 Å². The van der Waals surface area contributed by atoms with Crippen LogP contribution in [0.4, 0.5) is 4.39 Å². The Bertz CT molecular complexity index is 1020. The first-order valence-electron chi connectivity index (χ1n) is 9.30. The van der Waals surface area contributed by atoms with Gasteiger partial charge in [0.25, 0.3) is 5.91 Å². The van der Waals surface area contributed by atoms with Gasteiger partial charge in [-0.2, -0.15) is 0 Å². The van der Waals surface area contributed by atoms with Crippen molar-refractivity contribution >= 4 is 5.91 Å². The number of nitrogens with one attached hydrogen (secondary N) is 1. The van der Waals surface area contributed by atoms with Crippen molar-refractivity contribution in [1.82, 2.24) is 10.3 Å². The predicted molar refractivity (Wildman–Crippen MR) is 106 cm³/mol. The third-order valence-electron chi connectivity index (χ3n) is 4.74. The number of hydrogen-bond donors (Lipinski definition) is 2. The third-order valence-corrected chi connectivity index (χ3v) is 4.74. The van der Waals surface area contributed by atoms with E-state index in [9.17, 15) is 9.18 Å². The first-order valence-corrected chi connectivity index (χ1v) is 9.30. The summed E-state index contributed by atoms with van der Waals surface area (Å²) in [6, 6.07) is 14.4. The van der Waals surface area contributed by atoms with Crippen LogP contribution in [0.2, 0.25) is 0 Å². The number of primary amides is 1. The number of amides is 1. The van der Waals surface area contributed by atoms with E-state index in [0.29, 0.717) is 23.2 Å². The van der Waals surface area contributed by atoms with Gasteiger partial charge >= 0.3 is 0 Å². The summed E-state index contributed by atoms with van der Waals surface area (Å²) < 4.78 is 24.6. The number of halogens is 1. The van der Waals surface area contributed by atoms with Crippen LogP contribution in [0.1, 0.15) is 28.3 Å². The Morgan fingerprint density at radius 2 is 1.83 bits per heavy atom. The summed E-state index contributed by atoms with van der Waals surface area (Å²) in [5.74, 6) is 0.904.